The van der Waals surface area contributed by atoms with Crippen molar-refractivity contribution in [1.29, 1.82) is 0 Å². The van der Waals surface area contributed by atoms with Crippen molar-refractivity contribution >= 4 is 17.5 Å². The van der Waals surface area contributed by atoms with E-state index in [1.807, 2.05) is 0 Å². The number of anilines is 1. The summed E-state index contributed by atoms with van der Waals surface area (Å²) < 4.78 is 11.2. The fourth-order valence-electron chi connectivity index (χ4n) is 2.78. The Balaban J connectivity index is 1.40. The SMILES string of the molecule is NC(=O)c1ccc(-c2nnn(CC(=O)Nc3ccc4c(c3)OCCCO4)n2)cc1. The van der Waals surface area contributed by atoms with Gasteiger partial charge in [-0.3, -0.25) is 9.59 Å². The molecule has 0 aliphatic carbocycles. The van der Waals surface area contributed by atoms with Gasteiger partial charge in [-0.15, -0.1) is 10.2 Å². The van der Waals surface area contributed by atoms with Gasteiger partial charge in [-0.25, -0.2) is 0 Å². The van der Waals surface area contributed by atoms with Crippen LogP contribution in [-0.2, 0) is 11.3 Å². The summed E-state index contributed by atoms with van der Waals surface area (Å²) in [5, 5.41) is 14.8. The molecule has 29 heavy (non-hydrogen) atoms. The van der Waals surface area contributed by atoms with Gasteiger partial charge in [-0.1, -0.05) is 12.1 Å². The van der Waals surface area contributed by atoms with E-state index >= 15 is 0 Å². The summed E-state index contributed by atoms with van der Waals surface area (Å²) in [6, 6.07) is 11.7. The maximum atomic E-state index is 12.3. The van der Waals surface area contributed by atoms with E-state index in [0.29, 0.717) is 47.4 Å². The van der Waals surface area contributed by atoms with E-state index in [0.717, 1.165) is 6.42 Å². The fourth-order valence-corrected chi connectivity index (χ4v) is 2.78. The predicted octanol–water partition coefficient (Wildman–Crippen LogP) is 1.24. The number of primary amides is 1. The number of hydrogen-bond acceptors (Lipinski definition) is 7. The summed E-state index contributed by atoms with van der Waals surface area (Å²) in [6.07, 6.45) is 0.807. The molecule has 2 heterocycles. The van der Waals surface area contributed by atoms with Crippen LogP contribution in [0.15, 0.2) is 42.5 Å². The maximum absolute atomic E-state index is 12.3. The van der Waals surface area contributed by atoms with Crippen LogP contribution in [0, 0.1) is 0 Å². The minimum atomic E-state index is -0.514. The molecule has 0 radical (unpaired) electrons. The zero-order chi connectivity index (χ0) is 20.2. The Morgan fingerprint density at radius 1 is 1.07 bits per heavy atom. The van der Waals surface area contributed by atoms with Gasteiger partial charge in [0.25, 0.3) is 0 Å². The number of benzene rings is 2. The number of nitrogens with two attached hydrogens (primary N) is 1. The van der Waals surface area contributed by atoms with Crippen LogP contribution in [0.3, 0.4) is 0 Å². The molecule has 0 spiro atoms. The highest BCUT2D eigenvalue weighted by Gasteiger charge is 2.13. The van der Waals surface area contributed by atoms with E-state index in [2.05, 4.69) is 20.7 Å². The summed E-state index contributed by atoms with van der Waals surface area (Å²) in [5.74, 6) is 0.767. The number of tetrazole rings is 1. The van der Waals surface area contributed by atoms with Crippen molar-refractivity contribution in [2.45, 2.75) is 13.0 Å². The van der Waals surface area contributed by atoms with Crippen LogP contribution in [0.25, 0.3) is 11.4 Å². The second-order valence-corrected chi connectivity index (χ2v) is 6.35. The van der Waals surface area contributed by atoms with Crippen molar-refractivity contribution in [3.8, 4) is 22.9 Å². The Bertz CT molecular complexity index is 1050. The van der Waals surface area contributed by atoms with Crippen LogP contribution in [0.5, 0.6) is 11.5 Å². The first-order chi connectivity index (χ1) is 14.1. The lowest BCUT2D eigenvalue weighted by Crippen LogP contribution is -2.20. The number of nitrogens with one attached hydrogen (secondary N) is 1. The monoisotopic (exact) mass is 394 g/mol. The van der Waals surface area contributed by atoms with Gasteiger partial charge in [-0.05, 0) is 29.5 Å². The molecule has 0 atom stereocenters. The minimum absolute atomic E-state index is 0.110. The van der Waals surface area contributed by atoms with Gasteiger partial charge in [0.2, 0.25) is 17.6 Å². The second-order valence-electron chi connectivity index (χ2n) is 6.35. The molecule has 1 aliphatic rings. The molecule has 0 unspecified atom stereocenters. The minimum Gasteiger partial charge on any atom is -0.490 e. The van der Waals surface area contributed by atoms with Crippen LogP contribution in [0.2, 0.25) is 0 Å². The Labute approximate surface area is 165 Å². The highest BCUT2D eigenvalue weighted by Crippen LogP contribution is 2.32. The lowest BCUT2D eigenvalue weighted by atomic mass is 10.1. The molecule has 10 nitrogen and oxygen atoms in total. The number of rotatable bonds is 5. The normalized spacial score (nSPS) is 12.8. The van der Waals surface area contributed by atoms with Crippen LogP contribution in [0.1, 0.15) is 16.8 Å². The van der Waals surface area contributed by atoms with Gasteiger partial charge in [0.1, 0.15) is 6.54 Å². The molecule has 0 fully saturated rings. The molecule has 1 aromatic heterocycles. The van der Waals surface area contributed by atoms with Gasteiger partial charge in [0.05, 0.1) is 13.2 Å². The summed E-state index contributed by atoms with van der Waals surface area (Å²) in [4.78, 5) is 24.6. The standard InChI is InChI=1S/C19H18N6O4/c20-18(27)12-2-4-13(5-3-12)19-22-24-25(23-19)11-17(26)21-14-6-7-15-16(10-14)29-9-1-8-28-15/h2-7,10H,1,8-9,11H2,(H2,20,27)(H,21,26). The highest BCUT2D eigenvalue weighted by atomic mass is 16.5. The van der Waals surface area contributed by atoms with Crippen molar-refractivity contribution in [2.24, 2.45) is 5.73 Å². The molecule has 10 heteroatoms. The predicted molar refractivity (Wildman–Crippen MR) is 102 cm³/mol. The van der Waals surface area contributed by atoms with Crippen molar-refractivity contribution < 1.29 is 19.1 Å². The molecule has 1 aliphatic heterocycles. The molecule has 2 aromatic carbocycles. The van der Waals surface area contributed by atoms with Gasteiger partial charge in [0.15, 0.2) is 11.5 Å². The topological polar surface area (TPSA) is 134 Å². The summed E-state index contributed by atoms with van der Waals surface area (Å²) in [7, 11) is 0. The highest BCUT2D eigenvalue weighted by molar-refractivity contribution is 5.93. The number of nitrogens with zero attached hydrogens (tertiary/aromatic N) is 4. The third-order valence-corrected chi connectivity index (χ3v) is 4.20. The van der Waals surface area contributed by atoms with E-state index in [1.165, 1.54) is 4.80 Å². The van der Waals surface area contributed by atoms with Gasteiger partial charge in [0, 0.05) is 29.3 Å². The molecule has 0 saturated heterocycles. The van der Waals surface area contributed by atoms with E-state index in [4.69, 9.17) is 15.2 Å². The van der Waals surface area contributed by atoms with Crippen LogP contribution < -0.4 is 20.5 Å². The molecule has 0 saturated carbocycles. The molecular weight excluding hydrogens is 376 g/mol. The van der Waals surface area contributed by atoms with Crippen LogP contribution >= 0.6 is 0 Å². The van der Waals surface area contributed by atoms with Crippen molar-refractivity contribution in [3.63, 3.8) is 0 Å². The number of carbonyl (C=O) groups excluding carboxylic acids is 2. The fraction of sp³-hybridized carbons (Fsp3) is 0.211. The number of amides is 2. The molecule has 2 amide bonds. The molecular formula is C19H18N6O4. The third kappa shape index (κ3) is 4.32. The van der Waals surface area contributed by atoms with Crippen LogP contribution in [0.4, 0.5) is 5.69 Å². The second kappa shape index (κ2) is 7.97. The van der Waals surface area contributed by atoms with Crippen LogP contribution in [-0.4, -0.2) is 45.2 Å². The van der Waals surface area contributed by atoms with Gasteiger partial charge >= 0.3 is 0 Å². The molecule has 0 bridgehead atoms. The van der Waals surface area contributed by atoms with E-state index in [1.54, 1.807) is 42.5 Å². The molecule has 3 aromatic rings. The molecule has 4 rings (SSSR count). The van der Waals surface area contributed by atoms with Crippen molar-refractivity contribution in [1.82, 2.24) is 20.2 Å². The molecule has 148 valence electrons. The first kappa shape index (κ1) is 18.4. The van der Waals surface area contributed by atoms with E-state index in [9.17, 15) is 9.59 Å². The number of aromatic nitrogens is 4. The van der Waals surface area contributed by atoms with E-state index in [-0.39, 0.29) is 12.5 Å². The Hall–Kier alpha value is -3.95. The van der Waals surface area contributed by atoms with E-state index < -0.39 is 5.91 Å². The summed E-state index contributed by atoms with van der Waals surface area (Å²) >= 11 is 0. The quantitative estimate of drug-likeness (QED) is 0.665. The average molecular weight is 394 g/mol. The summed E-state index contributed by atoms with van der Waals surface area (Å²) in [5.41, 5.74) is 6.85. The lowest BCUT2D eigenvalue weighted by molar-refractivity contribution is -0.117. The smallest absolute Gasteiger partial charge is 0.248 e. The Morgan fingerprint density at radius 3 is 2.59 bits per heavy atom. The van der Waals surface area contributed by atoms with Gasteiger partial charge in [-0.2, -0.15) is 4.80 Å². The zero-order valence-electron chi connectivity index (χ0n) is 15.4. The van der Waals surface area contributed by atoms with Crippen molar-refractivity contribution in [3.05, 3.63) is 48.0 Å². The first-order valence-electron chi connectivity index (χ1n) is 8.96. The number of fused-ring (bicyclic) bond motifs is 1. The number of ether oxygens (including phenoxy) is 2. The average Bonchev–Trinajstić information content (AvgIpc) is 3.04. The molecule has 3 N–H and O–H groups in total. The zero-order valence-corrected chi connectivity index (χ0v) is 15.4. The lowest BCUT2D eigenvalue weighted by Gasteiger charge is -2.10. The largest absolute Gasteiger partial charge is 0.490 e. The maximum Gasteiger partial charge on any atom is 0.248 e. The first-order valence-corrected chi connectivity index (χ1v) is 8.96. The Kier molecular flexibility index (Phi) is 5.06. The Morgan fingerprint density at radius 2 is 1.83 bits per heavy atom. The summed E-state index contributed by atoms with van der Waals surface area (Å²) in [6.45, 7) is 1.06. The van der Waals surface area contributed by atoms with Gasteiger partial charge < -0.3 is 20.5 Å². The third-order valence-electron chi connectivity index (χ3n) is 4.20. The number of hydrogen-bond donors (Lipinski definition) is 2. The number of carbonyl (C=O) groups is 2. The van der Waals surface area contributed by atoms with Crippen molar-refractivity contribution in [2.75, 3.05) is 18.5 Å².